The smallest absolute Gasteiger partial charge is 0.306 e. The van der Waals surface area contributed by atoms with Crippen molar-refractivity contribution in [1.82, 2.24) is 5.32 Å². The van der Waals surface area contributed by atoms with Crippen LogP contribution in [-0.2, 0) is 24.2 Å². The van der Waals surface area contributed by atoms with Crippen molar-refractivity contribution in [1.29, 1.82) is 0 Å². The Hall–Kier alpha value is -1.38. The molecule has 1 rings (SSSR count). The molecule has 0 aliphatic carbocycles. The van der Waals surface area contributed by atoms with Gasteiger partial charge in [-0.1, -0.05) is 80.8 Å². The third-order valence-corrected chi connectivity index (χ3v) is 6.46. The third-order valence-electron chi connectivity index (χ3n) is 4.94. The van der Waals surface area contributed by atoms with Crippen molar-refractivity contribution >= 4 is 44.9 Å². The molecule has 6 nitrogen and oxygen atoms in total. The quantitative estimate of drug-likeness (QED) is 0.201. The zero-order valence-electron chi connectivity index (χ0n) is 18.5. The number of amides is 1. The topological polar surface area (TPSA) is 89.5 Å². The molecular weight excluding hydrogens is 480 g/mol. The van der Waals surface area contributed by atoms with Gasteiger partial charge >= 0.3 is 5.97 Å². The Morgan fingerprint density at radius 2 is 1.59 bits per heavy atom. The Labute approximate surface area is 200 Å². The molecule has 0 aromatic heterocycles. The van der Waals surface area contributed by atoms with Crippen LogP contribution in [0.3, 0.4) is 0 Å². The van der Waals surface area contributed by atoms with E-state index in [9.17, 15) is 22.4 Å². The second-order valence-electron chi connectivity index (χ2n) is 7.69. The number of carbonyl (C=O) groups is 2. The van der Waals surface area contributed by atoms with E-state index in [0.717, 1.165) is 25.5 Å². The first-order chi connectivity index (χ1) is 15.1. The van der Waals surface area contributed by atoms with Gasteiger partial charge in [-0.05, 0) is 24.1 Å². The highest BCUT2D eigenvalue weighted by molar-refractivity contribution is 7.90. The van der Waals surface area contributed by atoms with E-state index in [2.05, 4.69) is 12.2 Å². The van der Waals surface area contributed by atoms with E-state index >= 15 is 0 Å². The van der Waals surface area contributed by atoms with Gasteiger partial charge in [-0.25, -0.2) is 12.8 Å². The first-order valence-corrected chi connectivity index (χ1v) is 13.5. The van der Waals surface area contributed by atoms with Gasteiger partial charge in [-0.3, -0.25) is 9.59 Å². The average molecular weight is 512 g/mol. The van der Waals surface area contributed by atoms with Crippen LogP contribution in [-0.4, -0.2) is 44.1 Å². The van der Waals surface area contributed by atoms with Gasteiger partial charge in [0.2, 0.25) is 0 Å². The number of esters is 1. The Bertz CT molecular complexity index is 818. The number of halogens is 3. The average Bonchev–Trinajstić information content (AvgIpc) is 2.74. The minimum Gasteiger partial charge on any atom is -0.455 e. The summed E-state index contributed by atoms with van der Waals surface area (Å²) in [6.45, 7) is 1.10. The summed E-state index contributed by atoms with van der Waals surface area (Å²) >= 11 is 11.1. The summed E-state index contributed by atoms with van der Waals surface area (Å²) in [5.74, 6) is -1.35. The third kappa shape index (κ3) is 10.5. The predicted octanol–water partition coefficient (Wildman–Crippen LogP) is 5.07. The summed E-state index contributed by atoms with van der Waals surface area (Å²) in [5, 5.41) is 2.34. The van der Waals surface area contributed by atoms with E-state index in [1.54, 1.807) is 0 Å². The number of alkyl halides is 3. The van der Waals surface area contributed by atoms with Gasteiger partial charge < -0.3 is 10.1 Å². The summed E-state index contributed by atoms with van der Waals surface area (Å²) in [7, 11) is -3.43. The van der Waals surface area contributed by atoms with Crippen molar-refractivity contribution in [3.63, 3.8) is 0 Å². The van der Waals surface area contributed by atoms with Crippen LogP contribution in [0.25, 0.3) is 0 Å². The highest BCUT2D eigenvalue weighted by atomic mass is 35.5. The Morgan fingerprint density at radius 1 is 1.03 bits per heavy atom. The second kappa shape index (κ2) is 14.7. The van der Waals surface area contributed by atoms with E-state index in [1.165, 1.54) is 43.5 Å². The van der Waals surface area contributed by atoms with Gasteiger partial charge in [0.25, 0.3) is 5.91 Å². The van der Waals surface area contributed by atoms with Crippen LogP contribution in [0.4, 0.5) is 4.39 Å². The number of unbranched alkanes of at least 4 members (excludes halogenated alkanes) is 6. The van der Waals surface area contributed by atoms with Crippen LogP contribution in [0.15, 0.2) is 29.2 Å². The first kappa shape index (κ1) is 28.7. The lowest BCUT2D eigenvalue weighted by molar-refractivity contribution is -0.152. The van der Waals surface area contributed by atoms with Gasteiger partial charge in [0.1, 0.15) is 12.8 Å². The molecule has 0 unspecified atom stereocenters. The van der Waals surface area contributed by atoms with Crippen molar-refractivity contribution in [2.24, 2.45) is 0 Å². The van der Waals surface area contributed by atoms with Gasteiger partial charge in [0, 0.05) is 12.7 Å². The minimum atomic E-state index is -3.43. The maximum atomic E-state index is 13.8. The minimum absolute atomic E-state index is 0.0665. The van der Waals surface area contributed by atoms with E-state index in [-0.39, 0.29) is 11.3 Å². The molecule has 0 fully saturated rings. The highest BCUT2D eigenvalue weighted by Gasteiger charge is 2.30. The first-order valence-electron chi connectivity index (χ1n) is 10.7. The molecule has 0 radical (unpaired) electrons. The van der Waals surface area contributed by atoms with Crippen molar-refractivity contribution < 1.29 is 27.1 Å². The van der Waals surface area contributed by atoms with Crippen molar-refractivity contribution in [3.05, 3.63) is 29.8 Å². The number of ether oxygens (including phenoxy) is 1. The normalized spacial score (nSPS) is 13.6. The molecule has 0 saturated heterocycles. The Kier molecular flexibility index (Phi) is 13.2. The lowest BCUT2D eigenvalue weighted by Gasteiger charge is -2.27. The number of carbonyl (C=O) groups excluding carboxylic acids is 2. The number of benzene rings is 1. The predicted molar refractivity (Wildman–Crippen MR) is 124 cm³/mol. The fourth-order valence-corrected chi connectivity index (χ4v) is 3.91. The molecule has 1 aromatic rings. The maximum Gasteiger partial charge on any atom is 0.306 e. The molecule has 10 heteroatoms. The lowest BCUT2D eigenvalue weighted by atomic mass is 10.0. The number of nitrogens with one attached hydrogen (secondary N) is 1. The molecule has 32 heavy (non-hydrogen) atoms. The zero-order valence-corrected chi connectivity index (χ0v) is 20.8. The fourth-order valence-electron chi connectivity index (χ4n) is 3.16. The summed E-state index contributed by atoms with van der Waals surface area (Å²) < 4.78 is 42.7. The van der Waals surface area contributed by atoms with Crippen molar-refractivity contribution in [3.8, 4) is 0 Å². The van der Waals surface area contributed by atoms with E-state index < -0.39 is 45.4 Å². The second-order valence-corrected chi connectivity index (χ2v) is 10.8. The Balaban J connectivity index is 2.88. The number of rotatable bonds is 15. The molecule has 2 atom stereocenters. The van der Waals surface area contributed by atoms with E-state index in [4.69, 9.17) is 27.9 Å². The monoisotopic (exact) mass is 511 g/mol. The number of hydrogen-bond acceptors (Lipinski definition) is 5. The van der Waals surface area contributed by atoms with Crippen molar-refractivity contribution in [2.45, 2.75) is 80.2 Å². The van der Waals surface area contributed by atoms with Crippen LogP contribution in [0.1, 0.15) is 70.0 Å². The highest BCUT2D eigenvalue weighted by Crippen LogP contribution is 2.25. The molecule has 182 valence electrons. The van der Waals surface area contributed by atoms with Crippen LogP contribution < -0.4 is 5.32 Å². The van der Waals surface area contributed by atoms with Gasteiger partial charge in [-0.15, -0.1) is 0 Å². The zero-order chi connectivity index (χ0) is 24.1. The molecule has 1 N–H and O–H groups in total. The Morgan fingerprint density at radius 3 is 2.09 bits per heavy atom. The molecule has 0 saturated carbocycles. The summed E-state index contributed by atoms with van der Waals surface area (Å²) in [5.41, 5.74) is 0.342. The molecule has 1 amide bonds. The van der Waals surface area contributed by atoms with Crippen LogP contribution in [0.2, 0.25) is 0 Å². The fraction of sp³-hybridized carbons (Fsp3) is 0.636. The molecule has 0 heterocycles. The number of sulfone groups is 1. The summed E-state index contributed by atoms with van der Waals surface area (Å²) in [6, 6.07) is 4.30. The molecule has 1 aromatic carbocycles. The van der Waals surface area contributed by atoms with E-state index in [1.807, 2.05) is 0 Å². The van der Waals surface area contributed by atoms with E-state index in [0.29, 0.717) is 12.0 Å². The van der Waals surface area contributed by atoms with Gasteiger partial charge in [-0.2, -0.15) is 0 Å². The standard InChI is InChI=1S/C22H32Cl2FNO5S/c1-3-4-5-6-7-8-9-10-19(27)31-20(18(15-25)26-22(28)21(23)24)16-11-13-17(14-12-16)32(2,29)30/h11-14,18,20-21H,3-10,15H2,1-2H3,(H,26,28)/t18-,20-/m1/s1. The maximum absolute atomic E-state index is 13.8. The van der Waals surface area contributed by atoms with Crippen LogP contribution in [0, 0.1) is 0 Å². The van der Waals surface area contributed by atoms with Crippen LogP contribution >= 0.6 is 23.2 Å². The summed E-state index contributed by atoms with van der Waals surface area (Å²) in [6.07, 6.45) is 7.27. The van der Waals surface area contributed by atoms with Crippen molar-refractivity contribution in [2.75, 3.05) is 12.9 Å². The molecule has 0 spiro atoms. The lowest BCUT2D eigenvalue weighted by Crippen LogP contribution is -2.44. The number of hydrogen-bond donors (Lipinski definition) is 1. The molecule has 0 aliphatic rings. The van der Waals surface area contributed by atoms with Gasteiger partial charge in [0.15, 0.2) is 14.7 Å². The van der Waals surface area contributed by atoms with Gasteiger partial charge in [0.05, 0.1) is 10.9 Å². The SMILES string of the molecule is CCCCCCCCCC(=O)O[C@H](c1ccc(S(C)(=O)=O)cc1)[C@@H](CF)NC(=O)C(Cl)Cl. The summed E-state index contributed by atoms with van der Waals surface area (Å²) in [4.78, 5) is 23.0. The molecule has 0 bridgehead atoms. The molecular formula is C22H32Cl2FNO5S. The van der Waals surface area contributed by atoms with Crippen LogP contribution in [0.5, 0.6) is 0 Å². The molecule has 0 aliphatic heterocycles. The largest absolute Gasteiger partial charge is 0.455 e.